The molecule has 0 radical (unpaired) electrons. The predicted molar refractivity (Wildman–Crippen MR) is 63.4 cm³/mol. The van der Waals surface area contributed by atoms with Crippen molar-refractivity contribution in [1.29, 1.82) is 0 Å². The van der Waals surface area contributed by atoms with E-state index in [2.05, 4.69) is 11.6 Å². The van der Waals surface area contributed by atoms with Crippen LogP contribution in [0.2, 0.25) is 0 Å². The Morgan fingerprint density at radius 3 is 2.81 bits per heavy atom. The number of nitrogens with two attached hydrogens (primary N) is 1. The van der Waals surface area contributed by atoms with Crippen LogP contribution in [0, 0.1) is 10.1 Å². The Morgan fingerprint density at radius 2 is 2.38 bits per heavy atom. The highest BCUT2D eigenvalue weighted by Crippen LogP contribution is 2.22. The van der Waals surface area contributed by atoms with Gasteiger partial charge in [-0.05, 0) is 13.0 Å². The van der Waals surface area contributed by atoms with E-state index in [1.807, 2.05) is 11.8 Å². The van der Waals surface area contributed by atoms with Gasteiger partial charge in [0.25, 0.3) is 0 Å². The largest absolute Gasteiger partial charge is 0.378 e. The fourth-order valence-corrected chi connectivity index (χ4v) is 1.33. The lowest BCUT2D eigenvalue weighted by atomic mass is 10.3. The fourth-order valence-electron chi connectivity index (χ4n) is 1.33. The number of anilines is 2. The molecule has 0 aliphatic carbocycles. The third-order valence-corrected chi connectivity index (χ3v) is 2.14. The maximum absolute atomic E-state index is 10.6. The molecule has 0 amide bonds. The zero-order chi connectivity index (χ0) is 12.1. The number of aromatic nitrogens is 1. The third kappa shape index (κ3) is 2.47. The van der Waals surface area contributed by atoms with Gasteiger partial charge in [-0.25, -0.2) is 4.98 Å². The molecule has 0 aromatic carbocycles. The monoisotopic (exact) mass is 222 g/mol. The van der Waals surface area contributed by atoms with Gasteiger partial charge in [0.15, 0.2) is 0 Å². The molecular weight excluding hydrogens is 208 g/mol. The maximum atomic E-state index is 10.6. The van der Waals surface area contributed by atoms with Gasteiger partial charge >= 0.3 is 5.69 Å². The molecule has 0 unspecified atom stereocenters. The zero-order valence-electron chi connectivity index (χ0n) is 9.09. The maximum Gasteiger partial charge on any atom is 0.311 e. The highest BCUT2D eigenvalue weighted by atomic mass is 16.6. The summed E-state index contributed by atoms with van der Waals surface area (Å²) in [7, 11) is 0. The molecule has 0 spiro atoms. The molecular formula is C10H14N4O2. The van der Waals surface area contributed by atoms with Crippen LogP contribution in [0.15, 0.2) is 24.8 Å². The normalized spacial score (nSPS) is 9.81. The Kier molecular flexibility index (Phi) is 3.82. The molecule has 16 heavy (non-hydrogen) atoms. The lowest BCUT2D eigenvalue weighted by molar-refractivity contribution is -0.384. The van der Waals surface area contributed by atoms with E-state index in [1.165, 1.54) is 6.07 Å². The molecule has 6 heteroatoms. The number of hydrogen-bond acceptors (Lipinski definition) is 5. The van der Waals surface area contributed by atoms with Gasteiger partial charge in [0.2, 0.25) is 5.82 Å². The summed E-state index contributed by atoms with van der Waals surface area (Å²) in [4.78, 5) is 15.9. The predicted octanol–water partition coefficient (Wildman–Crippen LogP) is 1.58. The molecule has 1 rings (SSSR count). The van der Waals surface area contributed by atoms with Gasteiger partial charge in [0, 0.05) is 19.2 Å². The van der Waals surface area contributed by atoms with E-state index in [-0.39, 0.29) is 11.5 Å². The second-order valence-electron chi connectivity index (χ2n) is 3.16. The summed E-state index contributed by atoms with van der Waals surface area (Å²) in [5, 5.41) is 10.6. The fraction of sp³-hybridized carbons (Fsp3) is 0.300. The van der Waals surface area contributed by atoms with Crippen LogP contribution in [0.25, 0.3) is 0 Å². The van der Waals surface area contributed by atoms with E-state index in [0.717, 1.165) is 6.54 Å². The SMILES string of the molecule is C=CCN(CC)c1ccc([N+](=O)[O-])c(N)n1. The highest BCUT2D eigenvalue weighted by molar-refractivity contribution is 5.58. The average molecular weight is 222 g/mol. The first kappa shape index (κ1) is 12.0. The van der Waals surface area contributed by atoms with E-state index in [1.54, 1.807) is 12.1 Å². The van der Waals surface area contributed by atoms with Crippen LogP contribution >= 0.6 is 0 Å². The van der Waals surface area contributed by atoms with E-state index >= 15 is 0 Å². The first-order chi connectivity index (χ1) is 7.60. The Balaban J connectivity index is 3.03. The van der Waals surface area contributed by atoms with Gasteiger partial charge in [-0.3, -0.25) is 10.1 Å². The summed E-state index contributed by atoms with van der Waals surface area (Å²) in [5.41, 5.74) is 5.34. The minimum absolute atomic E-state index is 0.0648. The third-order valence-electron chi connectivity index (χ3n) is 2.14. The van der Waals surface area contributed by atoms with Gasteiger partial charge in [-0.2, -0.15) is 0 Å². The number of likely N-dealkylation sites (N-methyl/N-ethyl adjacent to an activating group) is 1. The van der Waals surface area contributed by atoms with Crippen molar-refractivity contribution in [3.8, 4) is 0 Å². The summed E-state index contributed by atoms with van der Waals surface area (Å²) in [6.45, 7) is 6.95. The Hall–Kier alpha value is -2.11. The average Bonchev–Trinajstić information content (AvgIpc) is 2.25. The van der Waals surface area contributed by atoms with Crippen molar-refractivity contribution in [2.45, 2.75) is 6.92 Å². The van der Waals surface area contributed by atoms with Crippen LogP contribution in [0.4, 0.5) is 17.3 Å². The van der Waals surface area contributed by atoms with Crippen LogP contribution in [-0.2, 0) is 0 Å². The number of hydrogen-bond donors (Lipinski definition) is 1. The summed E-state index contributed by atoms with van der Waals surface area (Å²) in [5.74, 6) is 0.551. The molecule has 0 fully saturated rings. The molecule has 6 nitrogen and oxygen atoms in total. The van der Waals surface area contributed by atoms with Crippen molar-refractivity contribution in [1.82, 2.24) is 4.98 Å². The molecule has 1 heterocycles. The Labute approximate surface area is 93.5 Å². The molecule has 0 saturated heterocycles. The van der Waals surface area contributed by atoms with E-state index < -0.39 is 4.92 Å². The second-order valence-corrected chi connectivity index (χ2v) is 3.16. The van der Waals surface area contributed by atoms with Crippen LogP contribution in [0.1, 0.15) is 6.92 Å². The van der Waals surface area contributed by atoms with E-state index in [9.17, 15) is 10.1 Å². The molecule has 86 valence electrons. The first-order valence-electron chi connectivity index (χ1n) is 4.86. The van der Waals surface area contributed by atoms with Crippen molar-refractivity contribution >= 4 is 17.3 Å². The quantitative estimate of drug-likeness (QED) is 0.464. The summed E-state index contributed by atoms with van der Waals surface area (Å²) >= 11 is 0. The minimum Gasteiger partial charge on any atom is -0.378 e. The first-order valence-corrected chi connectivity index (χ1v) is 4.86. The van der Waals surface area contributed by atoms with Crippen molar-refractivity contribution in [2.75, 3.05) is 23.7 Å². The number of nitro groups is 1. The van der Waals surface area contributed by atoms with Crippen LogP contribution in [0.3, 0.4) is 0 Å². The second kappa shape index (κ2) is 5.11. The number of pyridine rings is 1. The molecule has 1 aromatic heterocycles. The Bertz CT molecular complexity index is 406. The molecule has 0 atom stereocenters. The van der Waals surface area contributed by atoms with Gasteiger partial charge < -0.3 is 10.6 Å². The molecule has 0 aliphatic heterocycles. The van der Waals surface area contributed by atoms with E-state index in [0.29, 0.717) is 12.4 Å². The molecule has 0 bridgehead atoms. The standard InChI is InChI=1S/C10H14N4O2/c1-3-7-13(4-2)9-6-5-8(14(15)16)10(11)12-9/h3,5-6H,1,4,7H2,2H3,(H2,11,12). The lowest BCUT2D eigenvalue weighted by Crippen LogP contribution is -2.23. The number of rotatable bonds is 5. The Morgan fingerprint density at radius 1 is 1.69 bits per heavy atom. The summed E-state index contributed by atoms with van der Waals surface area (Å²) < 4.78 is 0. The lowest BCUT2D eigenvalue weighted by Gasteiger charge is -2.19. The van der Waals surface area contributed by atoms with Gasteiger partial charge in [0.1, 0.15) is 5.82 Å². The van der Waals surface area contributed by atoms with E-state index in [4.69, 9.17) is 5.73 Å². The molecule has 0 saturated carbocycles. The van der Waals surface area contributed by atoms with Crippen LogP contribution < -0.4 is 10.6 Å². The van der Waals surface area contributed by atoms with Gasteiger partial charge in [0.05, 0.1) is 4.92 Å². The molecule has 1 aromatic rings. The molecule has 0 aliphatic rings. The van der Waals surface area contributed by atoms with Gasteiger partial charge in [-0.15, -0.1) is 6.58 Å². The smallest absolute Gasteiger partial charge is 0.311 e. The topological polar surface area (TPSA) is 85.3 Å². The van der Waals surface area contributed by atoms with Crippen LogP contribution in [-0.4, -0.2) is 23.0 Å². The summed E-state index contributed by atoms with van der Waals surface area (Å²) in [6.07, 6.45) is 1.74. The van der Waals surface area contributed by atoms with Crippen molar-refractivity contribution in [3.05, 3.63) is 34.9 Å². The number of nitrogens with zero attached hydrogens (tertiary/aromatic N) is 3. The number of nitrogen functional groups attached to an aromatic ring is 1. The van der Waals surface area contributed by atoms with Crippen molar-refractivity contribution in [2.24, 2.45) is 0 Å². The van der Waals surface area contributed by atoms with Crippen LogP contribution in [0.5, 0.6) is 0 Å². The van der Waals surface area contributed by atoms with Crippen molar-refractivity contribution in [3.63, 3.8) is 0 Å². The zero-order valence-corrected chi connectivity index (χ0v) is 9.09. The summed E-state index contributed by atoms with van der Waals surface area (Å²) in [6, 6.07) is 2.95. The van der Waals surface area contributed by atoms with Gasteiger partial charge in [-0.1, -0.05) is 6.08 Å². The highest BCUT2D eigenvalue weighted by Gasteiger charge is 2.14. The molecule has 2 N–H and O–H groups in total. The van der Waals surface area contributed by atoms with Crippen molar-refractivity contribution < 1.29 is 4.92 Å². The minimum atomic E-state index is -0.546.